The van der Waals surface area contributed by atoms with Crippen LogP contribution in [0.5, 0.6) is 5.75 Å². The van der Waals surface area contributed by atoms with Crippen molar-refractivity contribution in [1.29, 1.82) is 0 Å². The molecule has 0 saturated carbocycles. The molecule has 0 bridgehead atoms. The van der Waals surface area contributed by atoms with Crippen molar-refractivity contribution in [1.82, 2.24) is 14.9 Å². The number of nitrogens with zero attached hydrogens (tertiary/aromatic N) is 1. The van der Waals surface area contributed by atoms with E-state index in [4.69, 9.17) is 16.3 Å². The third-order valence-corrected chi connectivity index (χ3v) is 7.63. The molecule has 0 saturated heterocycles. The van der Waals surface area contributed by atoms with Gasteiger partial charge in [0.2, 0.25) is 11.8 Å². The summed E-state index contributed by atoms with van der Waals surface area (Å²) in [5.41, 5.74) is 1.82. The van der Waals surface area contributed by atoms with Gasteiger partial charge in [-0.2, -0.15) is 0 Å². The molecular formula is C26H34ClN3O5S. The molecule has 8 nitrogen and oxygen atoms in total. The Morgan fingerprint density at radius 1 is 1.11 bits per heavy atom. The van der Waals surface area contributed by atoms with Gasteiger partial charge in [-0.1, -0.05) is 23.7 Å². The van der Waals surface area contributed by atoms with E-state index in [0.29, 0.717) is 31.1 Å². The van der Waals surface area contributed by atoms with Gasteiger partial charge in [-0.25, -0.2) is 13.1 Å². The van der Waals surface area contributed by atoms with E-state index in [2.05, 4.69) is 14.9 Å². The lowest BCUT2D eigenvalue weighted by atomic mass is 10.0. The van der Waals surface area contributed by atoms with Crippen molar-refractivity contribution in [2.75, 3.05) is 19.7 Å². The number of benzene rings is 2. The number of ether oxygens (including phenoxy) is 1. The van der Waals surface area contributed by atoms with Crippen LogP contribution in [0.4, 0.5) is 0 Å². The molecule has 2 N–H and O–H groups in total. The lowest BCUT2D eigenvalue weighted by molar-refractivity contribution is -0.123. The van der Waals surface area contributed by atoms with Crippen molar-refractivity contribution in [3.8, 4) is 5.75 Å². The summed E-state index contributed by atoms with van der Waals surface area (Å²) in [6.07, 6.45) is 3.14. The normalized spacial score (nSPS) is 16.1. The molecule has 3 rings (SSSR count). The van der Waals surface area contributed by atoms with Crippen molar-refractivity contribution < 1.29 is 22.7 Å². The van der Waals surface area contributed by atoms with Crippen LogP contribution in [0.3, 0.4) is 0 Å². The Balaban J connectivity index is 1.71. The first kappa shape index (κ1) is 28.0. The molecule has 2 amide bonds. The fourth-order valence-corrected chi connectivity index (χ4v) is 5.02. The topological polar surface area (TPSA) is 105 Å². The summed E-state index contributed by atoms with van der Waals surface area (Å²) in [6, 6.07) is 11.5. The van der Waals surface area contributed by atoms with Crippen LogP contribution in [0.1, 0.15) is 50.7 Å². The van der Waals surface area contributed by atoms with Gasteiger partial charge < -0.3 is 10.1 Å². The van der Waals surface area contributed by atoms with Gasteiger partial charge in [0.1, 0.15) is 5.75 Å². The van der Waals surface area contributed by atoms with E-state index in [9.17, 15) is 18.0 Å². The lowest BCUT2D eigenvalue weighted by Gasteiger charge is -2.27. The molecule has 0 atom stereocenters. The van der Waals surface area contributed by atoms with E-state index in [-0.39, 0.29) is 29.8 Å². The number of carbonyl (C=O) groups excluding carboxylic acids is 2. The zero-order chi connectivity index (χ0) is 26.1. The minimum atomic E-state index is -3.97. The van der Waals surface area contributed by atoms with Gasteiger partial charge >= 0.3 is 0 Å². The summed E-state index contributed by atoms with van der Waals surface area (Å²) in [6.45, 7) is 6.14. The van der Waals surface area contributed by atoms with E-state index in [1.54, 1.807) is 0 Å². The Morgan fingerprint density at radius 3 is 2.58 bits per heavy atom. The van der Waals surface area contributed by atoms with Crippen LogP contribution in [0.15, 0.2) is 47.4 Å². The second-order valence-electron chi connectivity index (χ2n) is 9.18. The van der Waals surface area contributed by atoms with Gasteiger partial charge in [-0.15, -0.1) is 0 Å². The minimum absolute atomic E-state index is 0.000127. The molecule has 36 heavy (non-hydrogen) atoms. The van der Waals surface area contributed by atoms with Gasteiger partial charge in [0, 0.05) is 36.1 Å². The van der Waals surface area contributed by atoms with Crippen molar-refractivity contribution in [3.63, 3.8) is 0 Å². The maximum Gasteiger partial charge on any atom is 0.264 e. The molecule has 0 spiro atoms. The zero-order valence-corrected chi connectivity index (χ0v) is 22.3. The monoisotopic (exact) mass is 535 g/mol. The van der Waals surface area contributed by atoms with Crippen LogP contribution in [0.25, 0.3) is 0 Å². The number of nitrogens with one attached hydrogen (secondary N) is 2. The number of hydrogen-bond acceptors (Lipinski definition) is 6. The SMILES string of the molecule is CC(C)N1CC(=O)NCCCCCOc2ccc(CCC(=O)NS(=O)(=O)c3ccc(Cl)cc3)cc2C1. The predicted octanol–water partition coefficient (Wildman–Crippen LogP) is 3.67. The molecule has 1 heterocycles. The molecule has 0 radical (unpaired) electrons. The maximum atomic E-state index is 12.5. The van der Waals surface area contributed by atoms with E-state index in [0.717, 1.165) is 36.1 Å². The van der Waals surface area contributed by atoms with Crippen LogP contribution < -0.4 is 14.8 Å². The first-order valence-electron chi connectivity index (χ1n) is 12.2. The molecule has 196 valence electrons. The molecule has 1 aliphatic heterocycles. The van der Waals surface area contributed by atoms with Crippen molar-refractivity contribution in [2.24, 2.45) is 0 Å². The van der Waals surface area contributed by atoms with Gasteiger partial charge in [-0.3, -0.25) is 14.5 Å². The third kappa shape index (κ3) is 8.50. The van der Waals surface area contributed by atoms with E-state index in [1.807, 2.05) is 32.0 Å². The highest BCUT2D eigenvalue weighted by Crippen LogP contribution is 2.24. The van der Waals surface area contributed by atoms with Gasteiger partial charge in [-0.05, 0) is 75.4 Å². The highest BCUT2D eigenvalue weighted by Gasteiger charge is 2.19. The Kier molecular flexibility index (Phi) is 10.2. The average Bonchev–Trinajstić information content (AvgIpc) is 2.83. The molecule has 0 aromatic heterocycles. The fourth-order valence-electron chi connectivity index (χ4n) is 3.88. The number of aryl methyl sites for hydroxylation is 1. The smallest absolute Gasteiger partial charge is 0.264 e. The van der Waals surface area contributed by atoms with Gasteiger partial charge in [0.25, 0.3) is 10.0 Å². The number of halogens is 1. The average molecular weight is 536 g/mol. The Labute approximate surface area is 218 Å². The summed E-state index contributed by atoms with van der Waals surface area (Å²) >= 11 is 5.81. The van der Waals surface area contributed by atoms with E-state index >= 15 is 0 Å². The van der Waals surface area contributed by atoms with Crippen molar-refractivity contribution in [3.05, 3.63) is 58.6 Å². The fraction of sp³-hybridized carbons (Fsp3) is 0.462. The standard InChI is InChI=1S/C26H34ClN3O5S/c1-19(2)30-17-21-16-20(6-12-24(21)35-15-5-3-4-14-28-26(32)18-30)7-13-25(31)29-36(33,34)23-10-8-22(27)9-11-23/h6,8-12,16,19H,3-5,7,13-15,17-18H2,1-2H3,(H,28,32)(H,29,31). The third-order valence-electron chi connectivity index (χ3n) is 5.99. The summed E-state index contributed by atoms with van der Waals surface area (Å²) < 4.78 is 33.1. The molecule has 0 aliphatic carbocycles. The summed E-state index contributed by atoms with van der Waals surface area (Å²) in [4.78, 5) is 26.9. The Hall–Kier alpha value is -2.62. The molecule has 0 unspecified atom stereocenters. The molecule has 2 aromatic rings. The molecule has 10 heteroatoms. The molecule has 0 fully saturated rings. The van der Waals surface area contributed by atoms with Crippen LogP contribution in [-0.4, -0.2) is 50.9 Å². The Morgan fingerprint density at radius 2 is 1.86 bits per heavy atom. The maximum absolute atomic E-state index is 12.5. The minimum Gasteiger partial charge on any atom is -0.493 e. The number of fused-ring (bicyclic) bond motifs is 1. The van der Waals surface area contributed by atoms with E-state index in [1.165, 1.54) is 24.3 Å². The number of rotatable bonds is 6. The lowest BCUT2D eigenvalue weighted by Crippen LogP contribution is -2.40. The number of hydrogen-bond donors (Lipinski definition) is 2. The highest BCUT2D eigenvalue weighted by molar-refractivity contribution is 7.90. The first-order chi connectivity index (χ1) is 17.1. The number of amides is 2. The second kappa shape index (κ2) is 13.1. The van der Waals surface area contributed by atoms with Gasteiger partial charge in [0.15, 0.2) is 0 Å². The number of carbonyl (C=O) groups is 2. The highest BCUT2D eigenvalue weighted by atomic mass is 35.5. The summed E-state index contributed by atoms with van der Waals surface area (Å²) in [7, 11) is -3.97. The predicted molar refractivity (Wildman–Crippen MR) is 139 cm³/mol. The summed E-state index contributed by atoms with van der Waals surface area (Å²) in [5, 5.41) is 3.40. The molecular weight excluding hydrogens is 502 g/mol. The van der Waals surface area contributed by atoms with Crippen LogP contribution >= 0.6 is 11.6 Å². The van der Waals surface area contributed by atoms with Crippen LogP contribution in [-0.2, 0) is 32.6 Å². The largest absolute Gasteiger partial charge is 0.493 e. The second-order valence-corrected chi connectivity index (χ2v) is 11.3. The van der Waals surface area contributed by atoms with Crippen molar-refractivity contribution in [2.45, 2.75) is 63.4 Å². The van der Waals surface area contributed by atoms with Crippen LogP contribution in [0, 0.1) is 0 Å². The van der Waals surface area contributed by atoms with Crippen molar-refractivity contribution >= 4 is 33.4 Å². The molecule has 1 aliphatic rings. The van der Waals surface area contributed by atoms with E-state index < -0.39 is 15.9 Å². The zero-order valence-electron chi connectivity index (χ0n) is 20.8. The van der Waals surface area contributed by atoms with Crippen LogP contribution in [0.2, 0.25) is 5.02 Å². The number of sulfonamides is 1. The molecule has 2 aromatic carbocycles. The van der Waals surface area contributed by atoms with Gasteiger partial charge in [0.05, 0.1) is 18.0 Å². The first-order valence-corrected chi connectivity index (χ1v) is 14.1. The Bertz CT molecular complexity index is 1150. The summed E-state index contributed by atoms with van der Waals surface area (Å²) in [5.74, 6) is 0.171. The quantitative estimate of drug-likeness (QED) is 0.585.